The molecular formula is C98H169Cl5F7N5O9S3. The smallest absolute Gasteiger partial charge is 0.342 e. The second-order valence-corrected chi connectivity index (χ2v) is 43.6. The zero-order chi connectivity index (χ0) is 95.8. The van der Waals surface area contributed by atoms with Gasteiger partial charge in [0.05, 0.1) is 47.4 Å². The Balaban J connectivity index is -0.000000173. The molecular weight excluding hydrogens is 1800 g/mol. The van der Waals surface area contributed by atoms with Crippen molar-refractivity contribution < 1.29 is 70.4 Å². The van der Waals surface area contributed by atoms with E-state index < -0.39 is 76.5 Å². The van der Waals surface area contributed by atoms with Crippen molar-refractivity contribution in [2.24, 2.45) is 81.4 Å². The minimum Gasteiger partial charge on any atom is -0.342 e. The van der Waals surface area contributed by atoms with E-state index >= 15 is 0 Å². The van der Waals surface area contributed by atoms with Crippen LogP contribution in [0.15, 0.2) is 106 Å². The molecule has 4 aromatic rings. The van der Waals surface area contributed by atoms with Crippen LogP contribution >= 0.6 is 58.0 Å². The zero-order valence-electron chi connectivity index (χ0n) is 78.4. The van der Waals surface area contributed by atoms with Gasteiger partial charge in [0.2, 0.25) is 11.8 Å². The highest BCUT2D eigenvalue weighted by Crippen LogP contribution is 2.45. The molecule has 14 nitrogen and oxygen atoms in total. The van der Waals surface area contributed by atoms with Crippen molar-refractivity contribution in [1.29, 1.82) is 0 Å². The Morgan fingerprint density at radius 1 is 0.488 bits per heavy atom. The van der Waals surface area contributed by atoms with Crippen molar-refractivity contribution in [3.05, 3.63) is 167 Å². The van der Waals surface area contributed by atoms with Crippen molar-refractivity contribution in [2.45, 2.75) is 305 Å². The van der Waals surface area contributed by atoms with Gasteiger partial charge in [0, 0.05) is 80.5 Å². The van der Waals surface area contributed by atoms with E-state index in [1.807, 2.05) is 94.7 Å². The number of fused-ring (bicyclic) bond motifs is 1. The average molecular weight is 1970 g/mol. The normalized spacial score (nSPS) is 14.2. The summed E-state index contributed by atoms with van der Waals surface area (Å²) in [5.41, 5.74) is 3.14. The molecule has 2 unspecified atom stereocenters. The van der Waals surface area contributed by atoms with Gasteiger partial charge in [0.1, 0.15) is 25.7 Å². The summed E-state index contributed by atoms with van der Waals surface area (Å²) in [5, 5.41) is 11.1. The van der Waals surface area contributed by atoms with Gasteiger partial charge in [-0.1, -0.05) is 352 Å². The highest BCUT2D eigenvalue weighted by atomic mass is 35.5. The van der Waals surface area contributed by atoms with Gasteiger partial charge in [-0.25, -0.2) is 47.8 Å². The molecule has 0 saturated carbocycles. The lowest BCUT2D eigenvalue weighted by Gasteiger charge is -2.29. The van der Waals surface area contributed by atoms with Crippen LogP contribution in [0.1, 0.15) is 283 Å². The Morgan fingerprint density at radius 2 is 0.906 bits per heavy atom. The summed E-state index contributed by atoms with van der Waals surface area (Å²) in [6.07, 6.45) is 12.3. The Labute approximate surface area is 794 Å². The molecule has 8 rings (SSSR count). The Kier molecular flexibility index (Phi) is 78.7. The highest BCUT2D eigenvalue weighted by molar-refractivity contribution is 7.91. The summed E-state index contributed by atoms with van der Waals surface area (Å²) in [7, 11) is -8.46. The number of rotatable bonds is 22. The molecule has 0 radical (unpaired) electrons. The number of benzene rings is 4. The molecule has 127 heavy (non-hydrogen) atoms. The monoisotopic (exact) mass is 1960 g/mol. The van der Waals surface area contributed by atoms with Crippen molar-refractivity contribution in [3.63, 3.8) is 0 Å². The lowest BCUT2D eigenvalue weighted by Crippen LogP contribution is -2.41. The maximum absolute atomic E-state index is 13.3. The highest BCUT2D eigenvalue weighted by Gasteiger charge is 2.34. The first kappa shape index (κ1) is 140. The average Bonchev–Trinajstić information content (AvgIpc) is 1.36. The van der Waals surface area contributed by atoms with Crippen LogP contribution in [0.2, 0.25) is 25.1 Å². The largest absolute Gasteiger partial charge is 0.389 e. The number of aryl methyl sites for hydroxylation is 1. The van der Waals surface area contributed by atoms with Crippen LogP contribution in [0, 0.1) is 108 Å². The fourth-order valence-corrected chi connectivity index (χ4v) is 15.5. The van der Waals surface area contributed by atoms with Crippen LogP contribution in [-0.2, 0) is 63.2 Å². The van der Waals surface area contributed by atoms with E-state index in [1.54, 1.807) is 46.8 Å². The topological polar surface area (TPSA) is 188 Å². The van der Waals surface area contributed by atoms with Gasteiger partial charge < -0.3 is 9.80 Å². The van der Waals surface area contributed by atoms with Crippen molar-refractivity contribution >= 4 is 105 Å². The predicted molar refractivity (Wildman–Crippen MR) is 535 cm³/mol. The molecule has 2 atom stereocenters. The number of hydrogen-bond donors (Lipinski definition) is 0. The van der Waals surface area contributed by atoms with Gasteiger partial charge >= 0.3 is 6.18 Å². The summed E-state index contributed by atoms with van der Waals surface area (Å²) in [6.45, 7) is 60.7. The van der Waals surface area contributed by atoms with Gasteiger partial charge in [0.25, 0.3) is 5.91 Å². The summed E-state index contributed by atoms with van der Waals surface area (Å²) in [6, 6.07) is 17.5. The molecule has 4 aromatic carbocycles. The molecule has 2 fully saturated rings. The van der Waals surface area contributed by atoms with Gasteiger partial charge in [-0.3, -0.25) is 14.4 Å². The lowest BCUT2D eigenvalue weighted by atomic mass is 9.94. The maximum atomic E-state index is 13.3. The van der Waals surface area contributed by atoms with Gasteiger partial charge in [0.15, 0.2) is 33.1 Å². The standard InChI is InChI=1S/C11H12F4.C11H15N3O.C11H16O2S.C10H9Cl5.C10H14.C9H15NO.C8H15NO.C7H16.C6H11F3.C5H12O2S.C3H8O2S.C2H6.5CH4/c1-5(2)4-7-10(14)8(12)6(3)9(13)11(7)15;1-8(2)7-14-11(15)9-5-3-4-6-10(9)12-13-14;1-9(2)8-14(12,13)11-6-4-10(3)5-7-11;1-4(2)3-5-6(11)8(13)10(15)9(14)7(5)12;1-9(2)8-10-6-4-3-5-7-10;1-7(2)6-10-8(3)4-5-9(10)11;1-7(2)6-9-5-3-4-8(9)10;1-6(2)5-7(3)4;1-5(2)3-4-6(7,8)9;1-5(2)4-8(3,6)7;1-3-6(2,4)5;1-2;;;;;/h5H,4H2,1-3H3;3-6,8-10H,7H2,1-2H3;4-7,9H,8H2,1-3H3;4H,3H2,1-2H3;3-7,9H,8H2,1-2H3;7H,3-6H2,1-2H3;7H,3-6H2,1-2H3;6-7H,5H2,1-4H3;5H,3-4H2,1-2H3;5H,4H2,1-3H3;3H2,1-2H3;1-2H3;5*1H4. The molecule has 3 aliphatic heterocycles. The molecule has 3 heterocycles. The fourth-order valence-electron chi connectivity index (χ4n) is 11.4. The van der Waals surface area contributed by atoms with E-state index in [-0.39, 0.29) is 124 Å². The third-order valence-corrected chi connectivity index (χ3v) is 23.5. The predicted octanol–water partition coefficient (Wildman–Crippen LogP) is 30.8. The number of nitrogens with zero attached hydrogens (tertiary/aromatic N) is 5. The second kappa shape index (κ2) is 71.5. The van der Waals surface area contributed by atoms with E-state index in [0.717, 1.165) is 80.4 Å². The van der Waals surface area contributed by atoms with Crippen LogP contribution in [0.5, 0.6) is 0 Å². The number of sulfone groups is 3. The number of alkyl halides is 3. The minimum absolute atomic E-state index is 0. The van der Waals surface area contributed by atoms with Crippen LogP contribution in [-0.4, -0.2) is 126 Å². The number of carbonyl (C=O) groups is 3. The van der Waals surface area contributed by atoms with Crippen LogP contribution in [0.3, 0.4) is 0 Å². The van der Waals surface area contributed by atoms with Crippen molar-refractivity contribution in [2.75, 3.05) is 55.9 Å². The molecule has 4 aliphatic rings. The third kappa shape index (κ3) is 66.0. The van der Waals surface area contributed by atoms with E-state index in [9.17, 15) is 70.4 Å². The molecule has 742 valence electrons. The Hall–Kier alpha value is -5.08. The molecule has 29 heteroatoms. The molecule has 0 aromatic heterocycles. The molecule has 1 aliphatic carbocycles. The van der Waals surface area contributed by atoms with Crippen LogP contribution < -0.4 is 0 Å². The quantitative estimate of drug-likeness (QED) is 0.0419. The van der Waals surface area contributed by atoms with E-state index in [0.29, 0.717) is 69.7 Å². The first-order valence-electron chi connectivity index (χ1n) is 42.3. The number of amides is 3. The van der Waals surface area contributed by atoms with Gasteiger partial charge in [-0.2, -0.15) is 18.3 Å². The molecule has 0 bridgehead atoms. The Morgan fingerprint density at radius 3 is 1.23 bits per heavy atom. The summed E-state index contributed by atoms with van der Waals surface area (Å²) in [4.78, 5) is 38.4. The minimum atomic E-state index is -3.97. The SMILES string of the molecule is C.C.C.C.C.C=C1CCC(=O)N1CC(C)C.CC.CC(C)CC(C)C.CC(C)CCC(F)(F)F.CC(C)CN1CCCC1=O.CC(C)CN1N=NC2C=CC=CC2C1=O.CC(C)CS(C)(=O)=O.CC(C)Cc1c(Cl)c(Cl)c(Cl)c(Cl)c1Cl.CC(C)Cc1ccccc1.CCS(C)(=O)=O.Cc1c(F)c(F)c(CC(C)C)c(F)c1F.Cc1ccc(S(=O)(=O)CC(C)C)cc1. The third-order valence-electron chi connectivity index (χ3n) is 16.7. The van der Waals surface area contributed by atoms with Crippen molar-refractivity contribution in [3.8, 4) is 0 Å². The molecule has 0 N–H and O–H groups in total. The van der Waals surface area contributed by atoms with Crippen LogP contribution in [0.25, 0.3) is 0 Å². The van der Waals surface area contributed by atoms with E-state index in [2.05, 4.69) is 144 Å². The molecule has 2 saturated heterocycles. The summed E-state index contributed by atoms with van der Waals surface area (Å²) in [5.74, 6) is 1.07. The zero-order valence-corrected chi connectivity index (χ0v) is 84.6. The summed E-state index contributed by atoms with van der Waals surface area (Å²) >= 11 is 29.9. The first-order chi connectivity index (χ1) is 55.9. The number of halogens is 12. The fraction of sp³-hybridized carbons (Fsp3) is 0.663. The molecule has 0 spiro atoms. The number of allylic oxidation sites excluding steroid dienone is 3. The Bertz CT molecular complexity index is 3990. The first-order valence-corrected chi connectivity index (χ1v) is 50.0. The number of carbonyl (C=O) groups excluding carboxylic acids is 3. The second-order valence-electron chi connectivity index (χ2n) is 35.1. The molecule has 3 amide bonds. The summed E-state index contributed by atoms with van der Waals surface area (Å²) < 4.78 is 151. The lowest BCUT2D eigenvalue weighted by molar-refractivity contribution is -0.138. The van der Waals surface area contributed by atoms with Gasteiger partial charge in [-0.15, -0.1) is 0 Å². The van der Waals surface area contributed by atoms with Crippen molar-refractivity contribution in [1.82, 2.24) is 14.8 Å². The number of hydrogen-bond acceptors (Lipinski definition) is 11. The van der Waals surface area contributed by atoms with E-state index in [4.69, 9.17) is 58.0 Å². The maximum Gasteiger partial charge on any atom is 0.389 e. The van der Waals surface area contributed by atoms with E-state index in [1.165, 1.54) is 35.9 Å². The van der Waals surface area contributed by atoms with Crippen LogP contribution in [0.4, 0.5) is 30.7 Å². The van der Waals surface area contributed by atoms with Gasteiger partial charge in [-0.05, 0) is 147 Å². The number of likely N-dealkylation sites (tertiary alicyclic amines) is 2.